The molecule has 0 saturated carbocycles. The topological polar surface area (TPSA) is 81.9 Å². The number of hydrogen-bond donors (Lipinski definition) is 1. The summed E-state index contributed by atoms with van der Waals surface area (Å²) in [6.45, 7) is 6.43. The molecule has 2 heterocycles. The molecule has 0 atom stereocenters. The summed E-state index contributed by atoms with van der Waals surface area (Å²) >= 11 is 1.36. The molecule has 0 spiro atoms. The van der Waals surface area contributed by atoms with Gasteiger partial charge >= 0.3 is 0 Å². The molecule has 4 rings (SSSR count). The van der Waals surface area contributed by atoms with E-state index in [1.165, 1.54) is 11.8 Å². The van der Waals surface area contributed by atoms with Crippen LogP contribution >= 0.6 is 11.8 Å². The van der Waals surface area contributed by atoms with Crippen LogP contribution in [0.5, 0.6) is 5.75 Å². The van der Waals surface area contributed by atoms with Crippen molar-refractivity contribution in [3.05, 3.63) is 89.5 Å². The molecule has 4 aromatic rings. The van der Waals surface area contributed by atoms with Gasteiger partial charge in [-0.25, -0.2) is 0 Å². The highest BCUT2D eigenvalue weighted by molar-refractivity contribution is 7.99. The fourth-order valence-corrected chi connectivity index (χ4v) is 4.11. The normalized spacial score (nSPS) is 10.8. The Hall–Kier alpha value is -3.65. The van der Waals surface area contributed by atoms with Crippen LogP contribution in [0.2, 0.25) is 0 Å². The SMILES string of the molecule is Cc1ccc(C)c(-n2c(C)nnc2SCC(=O)Nc2cccc(OCc3cccnc3)c2)c1. The number of rotatable bonds is 8. The van der Waals surface area contributed by atoms with Crippen molar-refractivity contribution in [1.29, 1.82) is 0 Å². The van der Waals surface area contributed by atoms with Gasteiger partial charge in [-0.2, -0.15) is 0 Å². The first-order valence-corrected chi connectivity index (χ1v) is 11.5. The average molecular weight is 460 g/mol. The maximum atomic E-state index is 12.6. The lowest BCUT2D eigenvalue weighted by Gasteiger charge is -2.12. The number of carbonyl (C=O) groups excluding carboxylic acids is 1. The van der Waals surface area contributed by atoms with E-state index < -0.39 is 0 Å². The minimum atomic E-state index is -0.127. The summed E-state index contributed by atoms with van der Waals surface area (Å²) in [6, 6.07) is 17.4. The molecule has 0 aliphatic carbocycles. The number of ether oxygens (including phenoxy) is 1. The molecule has 7 nitrogen and oxygen atoms in total. The van der Waals surface area contributed by atoms with Gasteiger partial charge in [0, 0.05) is 29.7 Å². The van der Waals surface area contributed by atoms with Gasteiger partial charge in [0.25, 0.3) is 0 Å². The Morgan fingerprint density at radius 1 is 1.06 bits per heavy atom. The third kappa shape index (κ3) is 5.78. The van der Waals surface area contributed by atoms with E-state index in [0.29, 0.717) is 23.2 Å². The molecule has 1 N–H and O–H groups in total. The van der Waals surface area contributed by atoms with Gasteiger partial charge in [0.1, 0.15) is 18.2 Å². The van der Waals surface area contributed by atoms with E-state index >= 15 is 0 Å². The number of pyridine rings is 1. The van der Waals surface area contributed by atoms with Gasteiger partial charge in [0.15, 0.2) is 5.16 Å². The van der Waals surface area contributed by atoms with E-state index in [1.807, 2.05) is 47.9 Å². The van der Waals surface area contributed by atoms with Crippen LogP contribution in [-0.4, -0.2) is 31.4 Å². The summed E-state index contributed by atoms with van der Waals surface area (Å²) < 4.78 is 7.81. The Morgan fingerprint density at radius 2 is 1.94 bits per heavy atom. The zero-order valence-electron chi connectivity index (χ0n) is 18.8. The number of nitrogens with one attached hydrogen (secondary N) is 1. The van der Waals surface area contributed by atoms with E-state index in [-0.39, 0.29) is 11.7 Å². The minimum absolute atomic E-state index is 0.127. The van der Waals surface area contributed by atoms with Crippen molar-refractivity contribution in [2.75, 3.05) is 11.1 Å². The predicted molar refractivity (Wildman–Crippen MR) is 130 cm³/mol. The number of amides is 1. The van der Waals surface area contributed by atoms with Crippen molar-refractivity contribution in [2.24, 2.45) is 0 Å². The van der Waals surface area contributed by atoms with E-state index in [0.717, 1.165) is 28.2 Å². The number of benzene rings is 2. The number of anilines is 1. The molecule has 2 aromatic heterocycles. The highest BCUT2D eigenvalue weighted by atomic mass is 32.2. The summed E-state index contributed by atoms with van der Waals surface area (Å²) in [7, 11) is 0. The third-order valence-electron chi connectivity index (χ3n) is 4.98. The van der Waals surface area contributed by atoms with Gasteiger partial charge in [-0.1, -0.05) is 36.0 Å². The summed E-state index contributed by atoms with van der Waals surface area (Å²) in [4.78, 5) is 16.7. The number of aromatic nitrogens is 4. The largest absolute Gasteiger partial charge is 0.489 e. The van der Waals surface area contributed by atoms with Crippen LogP contribution in [0, 0.1) is 20.8 Å². The summed E-state index contributed by atoms with van der Waals surface area (Å²) in [5.41, 5.74) is 4.96. The zero-order chi connectivity index (χ0) is 23.2. The lowest BCUT2D eigenvalue weighted by atomic mass is 10.1. The van der Waals surface area contributed by atoms with Crippen LogP contribution in [0.3, 0.4) is 0 Å². The van der Waals surface area contributed by atoms with Crippen molar-refractivity contribution in [3.63, 3.8) is 0 Å². The molecule has 33 heavy (non-hydrogen) atoms. The molecule has 0 saturated heterocycles. The quantitative estimate of drug-likeness (QED) is 0.378. The standard InChI is InChI=1S/C25H25N5O2S/c1-17-9-10-18(2)23(12-17)30-19(3)28-29-25(30)33-16-24(31)27-21-7-4-8-22(13-21)32-15-20-6-5-11-26-14-20/h4-14H,15-16H2,1-3H3,(H,27,31). The highest BCUT2D eigenvalue weighted by Crippen LogP contribution is 2.25. The van der Waals surface area contributed by atoms with Gasteiger partial charge in [-0.15, -0.1) is 10.2 Å². The number of thioether (sulfide) groups is 1. The molecule has 0 radical (unpaired) electrons. The molecule has 0 aliphatic heterocycles. The maximum Gasteiger partial charge on any atom is 0.234 e. The minimum Gasteiger partial charge on any atom is -0.489 e. The molecule has 8 heteroatoms. The van der Waals surface area contributed by atoms with Crippen LogP contribution in [-0.2, 0) is 11.4 Å². The fourth-order valence-electron chi connectivity index (χ4n) is 3.32. The first-order valence-electron chi connectivity index (χ1n) is 10.5. The first-order chi connectivity index (χ1) is 16.0. The van der Waals surface area contributed by atoms with Crippen molar-refractivity contribution >= 4 is 23.4 Å². The Balaban J connectivity index is 1.38. The van der Waals surface area contributed by atoms with Crippen LogP contribution in [0.25, 0.3) is 5.69 Å². The Bertz CT molecular complexity index is 1260. The van der Waals surface area contributed by atoms with Crippen molar-refractivity contribution in [1.82, 2.24) is 19.7 Å². The van der Waals surface area contributed by atoms with Gasteiger partial charge in [0.05, 0.1) is 11.4 Å². The van der Waals surface area contributed by atoms with Crippen molar-refractivity contribution in [2.45, 2.75) is 32.5 Å². The third-order valence-corrected chi connectivity index (χ3v) is 5.91. The summed E-state index contributed by atoms with van der Waals surface area (Å²) in [5, 5.41) is 12.1. The van der Waals surface area contributed by atoms with E-state index in [9.17, 15) is 4.79 Å². The Labute approximate surface area is 197 Å². The number of carbonyl (C=O) groups is 1. The van der Waals surface area contributed by atoms with Crippen molar-refractivity contribution in [3.8, 4) is 11.4 Å². The first kappa shape index (κ1) is 22.5. The molecule has 0 aliphatic rings. The molecule has 1 amide bonds. The lowest BCUT2D eigenvalue weighted by Crippen LogP contribution is -2.14. The number of aryl methyl sites for hydroxylation is 3. The van der Waals surface area contributed by atoms with Crippen LogP contribution in [0.15, 0.2) is 72.1 Å². The average Bonchev–Trinajstić information content (AvgIpc) is 3.19. The number of hydrogen-bond acceptors (Lipinski definition) is 6. The van der Waals surface area contributed by atoms with Crippen LogP contribution in [0.1, 0.15) is 22.5 Å². The smallest absolute Gasteiger partial charge is 0.234 e. The molecule has 0 unspecified atom stereocenters. The molecule has 0 fully saturated rings. The molecular weight excluding hydrogens is 434 g/mol. The van der Waals surface area contributed by atoms with Gasteiger partial charge < -0.3 is 10.1 Å². The van der Waals surface area contributed by atoms with Gasteiger partial charge in [-0.05, 0) is 56.2 Å². The second-order valence-electron chi connectivity index (χ2n) is 7.67. The second kappa shape index (κ2) is 10.3. The van der Waals surface area contributed by atoms with Crippen LogP contribution in [0.4, 0.5) is 5.69 Å². The van der Waals surface area contributed by atoms with Crippen LogP contribution < -0.4 is 10.1 Å². The number of nitrogens with zero attached hydrogens (tertiary/aromatic N) is 4. The van der Waals surface area contributed by atoms with E-state index in [2.05, 4.69) is 52.5 Å². The van der Waals surface area contributed by atoms with Gasteiger partial charge in [-0.3, -0.25) is 14.3 Å². The van der Waals surface area contributed by atoms with E-state index in [1.54, 1.807) is 12.4 Å². The Kier molecular flexibility index (Phi) is 7.04. The monoisotopic (exact) mass is 459 g/mol. The summed E-state index contributed by atoms with van der Waals surface area (Å²) in [6.07, 6.45) is 3.49. The lowest BCUT2D eigenvalue weighted by molar-refractivity contribution is -0.113. The predicted octanol–water partition coefficient (Wildman–Crippen LogP) is 4.90. The van der Waals surface area contributed by atoms with Gasteiger partial charge in [0.2, 0.25) is 5.91 Å². The molecule has 2 aromatic carbocycles. The Morgan fingerprint density at radius 3 is 2.76 bits per heavy atom. The molecule has 168 valence electrons. The fraction of sp³-hybridized carbons (Fsp3) is 0.200. The van der Waals surface area contributed by atoms with E-state index in [4.69, 9.17) is 4.74 Å². The van der Waals surface area contributed by atoms with Crippen molar-refractivity contribution < 1.29 is 9.53 Å². The summed E-state index contributed by atoms with van der Waals surface area (Å²) in [5.74, 6) is 1.54. The maximum absolute atomic E-state index is 12.6. The highest BCUT2D eigenvalue weighted by Gasteiger charge is 2.15. The molecular formula is C25H25N5O2S. The second-order valence-corrected chi connectivity index (χ2v) is 8.61. The zero-order valence-corrected chi connectivity index (χ0v) is 19.6. The molecule has 0 bridgehead atoms.